The van der Waals surface area contributed by atoms with Crippen molar-refractivity contribution in [3.63, 3.8) is 0 Å². The molecule has 4 nitrogen and oxygen atoms in total. The zero-order valence-corrected chi connectivity index (χ0v) is 13.4. The van der Waals surface area contributed by atoms with E-state index in [1.807, 2.05) is 45.0 Å². The summed E-state index contributed by atoms with van der Waals surface area (Å²) in [5, 5.41) is 2.93. The zero-order chi connectivity index (χ0) is 15.9. The van der Waals surface area contributed by atoms with E-state index in [0.29, 0.717) is 11.5 Å². The fourth-order valence-corrected chi connectivity index (χ4v) is 1.77. The molecule has 0 saturated heterocycles. The molecule has 0 unspecified atom stereocenters. The number of carbonyl (C=O) groups excluding carboxylic acids is 1. The van der Waals surface area contributed by atoms with Crippen molar-refractivity contribution in [1.82, 2.24) is 5.32 Å². The van der Waals surface area contributed by atoms with Gasteiger partial charge in [0.05, 0.1) is 7.11 Å². The van der Waals surface area contributed by atoms with E-state index >= 15 is 0 Å². The van der Waals surface area contributed by atoms with Crippen LogP contribution < -0.4 is 14.8 Å². The first-order valence-corrected chi connectivity index (χ1v) is 7.13. The summed E-state index contributed by atoms with van der Waals surface area (Å²) in [4.78, 5) is 11.9. The number of hydrogen-bond donors (Lipinski definition) is 1. The number of methoxy groups -OCH3 is 1. The van der Waals surface area contributed by atoms with Crippen LogP contribution in [0.2, 0.25) is 0 Å². The standard InChI is InChI=1S/C17H25NO3/c1-6-8-13-9-10-14(15(11-13)20-5)21-12-16(19)18-17(3,4)7-2/h6,9-11H,1,7-8,12H2,2-5H3,(H,18,19). The second-order valence-corrected chi connectivity index (χ2v) is 5.55. The minimum Gasteiger partial charge on any atom is -0.493 e. The predicted octanol–water partition coefficient (Wildman–Crippen LogP) is 3.11. The van der Waals surface area contributed by atoms with Gasteiger partial charge in [-0.15, -0.1) is 6.58 Å². The van der Waals surface area contributed by atoms with Gasteiger partial charge in [0.2, 0.25) is 0 Å². The second-order valence-electron chi connectivity index (χ2n) is 5.55. The van der Waals surface area contributed by atoms with Crippen molar-refractivity contribution in [2.45, 2.75) is 39.2 Å². The van der Waals surface area contributed by atoms with Gasteiger partial charge in [0.15, 0.2) is 18.1 Å². The van der Waals surface area contributed by atoms with Crippen molar-refractivity contribution in [3.05, 3.63) is 36.4 Å². The Balaban J connectivity index is 2.66. The Morgan fingerprint density at radius 2 is 2.10 bits per heavy atom. The highest BCUT2D eigenvalue weighted by Crippen LogP contribution is 2.28. The number of nitrogens with one attached hydrogen (secondary N) is 1. The molecule has 21 heavy (non-hydrogen) atoms. The normalized spacial score (nSPS) is 10.9. The SMILES string of the molecule is C=CCc1ccc(OCC(=O)NC(C)(C)CC)c(OC)c1. The van der Waals surface area contributed by atoms with Crippen molar-refractivity contribution < 1.29 is 14.3 Å². The fraction of sp³-hybridized carbons (Fsp3) is 0.471. The number of allylic oxidation sites excluding steroid dienone is 1. The topological polar surface area (TPSA) is 47.6 Å². The van der Waals surface area contributed by atoms with Crippen LogP contribution in [0.15, 0.2) is 30.9 Å². The van der Waals surface area contributed by atoms with Gasteiger partial charge in [-0.25, -0.2) is 0 Å². The zero-order valence-electron chi connectivity index (χ0n) is 13.4. The van der Waals surface area contributed by atoms with Gasteiger partial charge in [-0.3, -0.25) is 4.79 Å². The average Bonchev–Trinajstić information content (AvgIpc) is 2.45. The van der Waals surface area contributed by atoms with E-state index in [1.165, 1.54) is 0 Å². The number of rotatable bonds is 8. The molecule has 0 bridgehead atoms. The number of benzene rings is 1. The van der Waals surface area contributed by atoms with Crippen LogP contribution in [0, 0.1) is 0 Å². The molecule has 0 saturated carbocycles. The first-order valence-electron chi connectivity index (χ1n) is 7.13. The van der Waals surface area contributed by atoms with E-state index < -0.39 is 0 Å². The summed E-state index contributed by atoms with van der Waals surface area (Å²) in [5.74, 6) is 1.05. The summed E-state index contributed by atoms with van der Waals surface area (Å²) in [6.45, 7) is 9.68. The van der Waals surface area contributed by atoms with Crippen LogP contribution in [-0.2, 0) is 11.2 Å². The van der Waals surface area contributed by atoms with Gasteiger partial charge in [0.1, 0.15) is 0 Å². The van der Waals surface area contributed by atoms with Gasteiger partial charge in [0, 0.05) is 5.54 Å². The van der Waals surface area contributed by atoms with Gasteiger partial charge in [-0.1, -0.05) is 19.1 Å². The number of hydrogen-bond acceptors (Lipinski definition) is 3. The summed E-state index contributed by atoms with van der Waals surface area (Å²) < 4.78 is 10.8. The highest BCUT2D eigenvalue weighted by atomic mass is 16.5. The average molecular weight is 291 g/mol. The summed E-state index contributed by atoms with van der Waals surface area (Å²) in [6, 6.07) is 5.65. The van der Waals surface area contributed by atoms with Crippen molar-refractivity contribution in [2.24, 2.45) is 0 Å². The van der Waals surface area contributed by atoms with Crippen LogP contribution >= 0.6 is 0 Å². The maximum atomic E-state index is 11.9. The second kappa shape index (κ2) is 7.72. The summed E-state index contributed by atoms with van der Waals surface area (Å²) in [5.41, 5.74) is 0.865. The Kier molecular flexibility index (Phi) is 6.28. The lowest BCUT2D eigenvalue weighted by molar-refractivity contribution is -0.124. The molecule has 1 aromatic carbocycles. The van der Waals surface area contributed by atoms with Crippen molar-refractivity contribution >= 4 is 5.91 Å². The first kappa shape index (κ1) is 17.1. The molecule has 1 aromatic rings. The molecule has 0 heterocycles. The molecule has 0 atom stereocenters. The van der Waals surface area contributed by atoms with E-state index in [1.54, 1.807) is 7.11 Å². The fourth-order valence-electron chi connectivity index (χ4n) is 1.77. The van der Waals surface area contributed by atoms with Gasteiger partial charge in [0.25, 0.3) is 5.91 Å². The van der Waals surface area contributed by atoms with E-state index in [0.717, 1.165) is 18.4 Å². The Labute approximate surface area is 127 Å². The van der Waals surface area contributed by atoms with Crippen LogP contribution in [0.4, 0.5) is 0 Å². The summed E-state index contributed by atoms with van der Waals surface area (Å²) in [7, 11) is 1.58. The molecule has 0 radical (unpaired) electrons. The molecule has 0 aliphatic carbocycles. The van der Waals surface area contributed by atoms with Crippen molar-refractivity contribution in [2.75, 3.05) is 13.7 Å². The molecule has 1 N–H and O–H groups in total. The van der Waals surface area contributed by atoms with Crippen LogP contribution in [0.1, 0.15) is 32.8 Å². The molecule has 1 rings (SSSR count). The highest BCUT2D eigenvalue weighted by Gasteiger charge is 2.18. The van der Waals surface area contributed by atoms with Crippen LogP contribution in [0.25, 0.3) is 0 Å². The molecule has 0 aliphatic rings. The van der Waals surface area contributed by atoms with Gasteiger partial charge in [-0.05, 0) is 44.4 Å². The Bertz CT molecular complexity index is 495. The molecular formula is C17H25NO3. The lowest BCUT2D eigenvalue weighted by Gasteiger charge is -2.24. The maximum absolute atomic E-state index is 11.9. The Hall–Kier alpha value is -1.97. The number of amides is 1. The van der Waals surface area contributed by atoms with Crippen LogP contribution in [-0.4, -0.2) is 25.2 Å². The van der Waals surface area contributed by atoms with E-state index in [9.17, 15) is 4.79 Å². The van der Waals surface area contributed by atoms with Crippen molar-refractivity contribution in [3.8, 4) is 11.5 Å². The number of ether oxygens (including phenoxy) is 2. The lowest BCUT2D eigenvalue weighted by atomic mass is 10.0. The third-order valence-electron chi connectivity index (χ3n) is 3.33. The molecular weight excluding hydrogens is 266 g/mol. The van der Waals surface area contributed by atoms with E-state index in [4.69, 9.17) is 9.47 Å². The molecule has 4 heteroatoms. The summed E-state index contributed by atoms with van der Waals surface area (Å²) >= 11 is 0. The predicted molar refractivity (Wildman–Crippen MR) is 84.9 cm³/mol. The first-order chi connectivity index (χ1) is 9.91. The van der Waals surface area contributed by atoms with Gasteiger partial charge < -0.3 is 14.8 Å². The molecule has 0 aliphatic heterocycles. The lowest BCUT2D eigenvalue weighted by Crippen LogP contribution is -2.44. The largest absolute Gasteiger partial charge is 0.493 e. The summed E-state index contributed by atoms with van der Waals surface area (Å²) in [6.07, 6.45) is 3.45. The monoisotopic (exact) mass is 291 g/mol. The molecule has 0 spiro atoms. The third kappa shape index (κ3) is 5.50. The van der Waals surface area contributed by atoms with Crippen LogP contribution in [0.3, 0.4) is 0 Å². The maximum Gasteiger partial charge on any atom is 0.258 e. The Morgan fingerprint density at radius 3 is 2.67 bits per heavy atom. The van der Waals surface area contributed by atoms with E-state index in [-0.39, 0.29) is 18.1 Å². The minimum absolute atomic E-state index is 0.0272. The molecule has 116 valence electrons. The minimum atomic E-state index is -0.224. The quantitative estimate of drug-likeness (QED) is 0.749. The Morgan fingerprint density at radius 1 is 1.38 bits per heavy atom. The van der Waals surface area contributed by atoms with E-state index in [2.05, 4.69) is 11.9 Å². The molecule has 0 fully saturated rings. The van der Waals surface area contributed by atoms with Crippen molar-refractivity contribution in [1.29, 1.82) is 0 Å². The van der Waals surface area contributed by atoms with Crippen LogP contribution in [0.5, 0.6) is 11.5 Å². The molecule has 0 aromatic heterocycles. The highest BCUT2D eigenvalue weighted by molar-refractivity contribution is 5.78. The van der Waals surface area contributed by atoms with Gasteiger partial charge >= 0.3 is 0 Å². The third-order valence-corrected chi connectivity index (χ3v) is 3.33. The van der Waals surface area contributed by atoms with Gasteiger partial charge in [-0.2, -0.15) is 0 Å². The number of carbonyl (C=O) groups is 1. The smallest absolute Gasteiger partial charge is 0.258 e. The molecule has 1 amide bonds.